The summed E-state index contributed by atoms with van der Waals surface area (Å²) >= 11 is 3.32. The number of hydrogen-bond donors (Lipinski definition) is 1. The Labute approximate surface area is 109 Å². The minimum atomic E-state index is -0.442. The van der Waals surface area contributed by atoms with Crippen molar-refractivity contribution >= 4 is 27.7 Å². The van der Waals surface area contributed by atoms with Crippen molar-refractivity contribution in [1.29, 1.82) is 0 Å². The molecule has 1 aromatic carbocycles. The lowest BCUT2D eigenvalue weighted by Gasteiger charge is -2.10. The van der Waals surface area contributed by atoms with Crippen LogP contribution in [0.3, 0.4) is 0 Å². The molecule has 4 nitrogen and oxygen atoms in total. The Kier molecular flexibility index (Phi) is 5.83. The third-order valence-corrected chi connectivity index (χ3v) is 3.20. The number of hydrogen-bond acceptors (Lipinski definition) is 3. The van der Waals surface area contributed by atoms with Crippen molar-refractivity contribution in [1.82, 2.24) is 0 Å². The van der Waals surface area contributed by atoms with E-state index in [0.717, 1.165) is 11.1 Å². The molecule has 0 bridgehead atoms. The molecule has 0 aliphatic carbocycles. The van der Waals surface area contributed by atoms with Crippen molar-refractivity contribution < 1.29 is 14.3 Å². The molecule has 0 saturated heterocycles. The van der Waals surface area contributed by atoms with Gasteiger partial charge in [0.05, 0.1) is 13.7 Å². The first-order chi connectivity index (χ1) is 8.15. The summed E-state index contributed by atoms with van der Waals surface area (Å²) in [4.78, 5) is 11.4. The average molecular weight is 302 g/mol. The number of methoxy groups -OCH3 is 1. The van der Waals surface area contributed by atoms with Gasteiger partial charge in [-0.05, 0) is 24.3 Å². The first-order valence-electron chi connectivity index (χ1n) is 5.29. The van der Waals surface area contributed by atoms with E-state index in [0.29, 0.717) is 18.2 Å². The van der Waals surface area contributed by atoms with Crippen LogP contribution < -0.4 is 10.1 Å². The van der Waals surface area contributed by atoms with Gasteiger partial charge in [-0.1, -0.05) is 22.9 Å². The van der Waals surface area contributed by atoms with Crippen molar-refractivity contribution in [2.24, 2.45) is 5.92 Å². The zero-order valence-corrected chi connectivity index (χ0v) is 11.5. The number of carbonyl (C=O) groups is 1. The predicted octanol–water partition coefficient (Wildman–Crippen LogP) is 3.27. The second kappa shape index (κ2) is 7.17. The lowest BCUT2D eigenvalue weighted by molar-refractivity contribution is 0.148. The molecule has 0 aliphatic heterocycles. The summed E-state index contributed by atoms with van der Waals surface area (Å²) in [6.45, 7) is 2.39. The fourth-order valence-electron chi connectivity index (χ4n) is 1.09. The van der Waals surface area contributed by atoms with Gasteiger partial charge in [-0.2, -0.15) is 0 Å². The Bertz CT molecular complexity index is 353. The van der Waals surface area contributed by atoms with Crippen LogP contribution >= 0.6 is 15.9 Å². The van der Waals surface area contributed by atoms with Crippen LogP contribution in [0.4, 0.5) is 10.5 Å². The summed E-state index contributed by atoms with van der Waals surface area (Å²) in [5.41, 5.74) is 0.683. The minimum absolute atomic E-state index is 0.302. The highest BCUT2D eigenvalue weighted by molar-refractivity contribution is 9.09. The SMILES string of the molecule is COc1ccc(NC(=O)OC[C@@H](C)CBr)cc1. The molecule has 17 heavy (non-hydrogen) atoms. The monoisotopic (exact) mass is 301 g/mol. The van der Waals surface area contributed by atoms with Crippen molar-refractivity contribution in [2.45, 2.75) is 6.92 Å². The number of nitrogens with one attached hydrogen (secondary N) is 1. The van der Waals surface area contributed by atoms with E-state index < -0.39 is 6.09 Å². The van der Waals surface area contributed by atoms with Gasteiger partial charge in [0.2, 0.25) is 0 Å². The van der Waals surface area contributed by atoms with Gasteiger partial charge >= 0.3 is 6.09 Å². The zero-order chi connectivity index (χ0) is 12.7. The maximum Gasteiger partial charge on any atom is 0.411 e. The molecule has 0 unspecified atom stereocenters. The quantitative estimate of drug-likeness (QED) is 0.849. The summed E-state index contributed by atoms with van der Waals surface area (Å²) in [6, 6.07) is 7.06. The number of rotatable bonds is 5. The summed E-state index contributed by atoms with van der Waals surface area (Å²) in [7, 11) is 1.60. The van der Waals surface area contributed by atoms with E-state index in [1.165, 1.54) is 0 Å². The van der Waals surface area contributed by atoms with Crippen LogP contribution in [0, 0.1) is 5.92 Å². The summed E-state index contributed by atoms with van der Waals surface area (Å²) in [5, 5.41) is 3.45. The van der Waals surface area contributed by atoms with E-state index in [4.69, 9.17) is 9.47 Å². The van der Waals surface area contributed by atoms with Crippen LogP contribution in [0.1, 0.15) is 6.92 Å². The number of halogens is 1. The molecule has 94 valence electrons. The summed E-state index contributed by atoms with van der Waals surface area (Å²) in [5.74, 6) is 1.05. The first-order valence-corrected chi connectivity index (χ1v) is 6.41. The van der Waals surface area contributed by atoms with E-state index in [1.54, 1.807) is 31.4 Å². The van der Waals surface area contributed by atoms with Crippen LogP contribution in [0.2, 0.25) is 0 Å². The normalized spacial score (nSPS) is 11.7. The van der Waals surface area contributed by atoms with Crippen LogP contribution in [-0.4, -0.2) is 25.1 Å². The van der Waals surface area contributed by atoms with Crippen molar-refractivity contribution in [3.05, 3.63) is 24.3 Å². The van der Waals surface area contributed by atoms with Crippen LogP contribution in [0.25, 0.3) is 0 Å². The molecule has 0 fully saturated rings. The number of benzene rings is 1. The average Bonchev–Trinajstić information content (AvgIpc) is 2.36. The molecule has 0 radical (unpaired) electrons. The second-order valence-electron chi connectivity index (χ2n) is 3.71. The second-order valence-corrected chi connectivity index (χ2v) is 4.36. The molecule has 0 saturated carbocycles. The fraction of sp³-hybridized carbons (Fsp3) is 0.417. The molecule has 1 aromatic rings. The van der Waals surface area contributed by atoms with Crippen molar-refractivity contribution in [2.75, 3.05) is 24.4 Å². The number of alkyl halides is 1. The van der Waals surface area contributed by atoms with E-state index in [2.05, 4.69) is 21.2 Å². The van der Waals surface area contributed by atoms with Crippen LogP contribution in [0.5, 0.6) is 5.75 Å². The Morgan fingerprint density at radius 1 is 1.41 bits per heavy atom. The van der Waals surface area contributed by atoms with Crippen molar-refractivity contribution in [3.8, 4) is 5.75 Å². The molecule has 5 heteroatoms. The third-order valence-electron chi connectivity index (χ3n) is 2.10. The number of carbonyl (C=O) groups excluding carboxylic acids is 1. The summed E-state index contributed by atoms with van der Waals surface area (Å²) < 4.78 is 10.1. The van der Waals surface area contributed by atoms with Gasteiger partial charge < -0.3 is 9.47 Å². The van der Waals surface area contributed by atoms with E-state index >= 15 is 0 Å². The largest absolute Gasteiger partial charge is 0.497 e. The highest BCUT2D eigenvalue weighted by Gasteiger charge is 2.06. The maximum absolute atomic E-state index is 11.4. The van der Waals surface area contributed by atoms with Crippen LogP contribution in [0.15, 0.2) is 24.3 Å². The highest BCUT2D eigenvalue weighted by Crippen LogP contribution is 2.15. The molecule has 1 amide bonds. The Morgan fingerprint density at radius 3 is 2.59 bits per heavy atom. The van der Waals surface area contributed by atoms with Gasteiger partial charge in [0.15, 0.2) is 0 Å². The zero-order valence-electron chi connectivity index (χ0n) is 9.90. The molecular formula is C12H16BrNO3. The van der Waals surface area contributed by atoms with Gasteiger partial charge in [-0.25, -0.2) is 4.79 Å². The lowest BCUT2D eigenvalue weighted by atomic mass is 10.2. The molecule has 1 rings (SSSR count). The third kappa shape index (κ3) is 5.08. The Hall–Kier alpha value is -1.23. The topological polar surface area (TPSA) is 47.6 Å². The molecule has 0 spiro atoms. The summed E-state index contributed by atoms with van der Waals surface area (Å²) in [6.07, 6.45) is -0.442. The van der Waals surface area contributed by atoms with E-state index in [1.807, 2.05) is 6.92 Å². The fourth-order valence-corrected chi connectivity index (χ4v) is 1.28. The van der Waals surface area contributed by atoms with E-state index in [-0.39, 0.29) is 0 Å². The molecular weight excluding hydrogens is 286 g/mol. The number of anilines is 1. The minimum Gasteiger partial charge on any atom is -0.497 e. The van der Waals surface area contributed by atoms with E-state index in [9.17, 15) is 4.79 Å². The lowest BCUT2D eigenvalue weighted by Crippen LogP contribution is -2.18. The van der Waals surface area contributed by atoms with Gasteiger partial charge in [0, 0.05) is 16.9 Å². The molecule has 0 heterocycles. The first kappa shape index (κ1) is 13.8. The molecule has 1 atom stereocenters. The van der Waals surface area contributed by atoms with Gasteiger partial charge in [-0.3, -0.25) is 5.32 Å². The standard InChI is InChI=1S/C12H16BrNO3/c1-9(7-13)8-17-12(15)14-10-3-5-11(16-2)6-4-10/h3-6,9H,7-8H2,1-2H3,(H,14,15)/t9-/m0/s1. The Morgan fingerprint density at radius 2 is 2.06 bits per heavy atom. The maximum atomic E-state index is 11.4. The Balaban J connectivity index is 2.39. The number of ether oxygens (including phenoxy) is 2. The van der Waals surface area contributed by atoms with Crippen LogP contribution in [-0.2, 0) is 4.74 Å². The molecule has 1 N–H and O–H groups in total. The number of amides is 1. The predicted molar refractivity (Wildman–Crippen MR) is 70.9 cm³/mol. The van der Waals surface area contributed by atoms with Gasteiger partial charge in [-0.15, -0.1) is 0 Å². The van der Waals surface area contributed by atoms with Gasteiger partial charge in [0.25, 0.3) is 0 Å². The van der Waals surface area contributed by atoms with Gasteiger partial charge in [0.1, 0.15) is 5.75 Å². The molecule has 0 aromatic heterocycles. The molecule has 0 aliphatic rings. The highest BCUT2D eigenvalue weighted by atomic mass is 79.9. The van der Waals surface area contributed by atoms with Crippen molar-refractivity contribution in [3.63, 3.8) is 0 Å². The smallest absolute Gasteiger partial charge is 0.411 e.